The Bertz CT molecular complexity index is 1670. The first-order chi connectivity index (χ1) is 16.8. The molecule has 34 heavy (non-hydrogen) atoms. The van der Waals surface area contributed by atoms with E-state index in [4.69, 9.17) is 0 Å². The maximum atomic E-state index is 10.5. The summed E-state index contributed by atoms with van der Waals surface area (Å²) in [5.41, 5.74) is 5.24. The third-order valence-electron chi connectivity index (χ3n) is 6.53. The van der Waals surface area contributed by atoms with Crippen molar-refractivity contribution >= 4 is 32.3 Å². The van der Waals surface area contributed by atoms with E-state index in [0.29, 0.717) is 11.1 Å². The maximum Gasteiger partial charge on any atom is 0.100 e. The molecule has 6 aromatic carbocycles. The summed E-state index contributed by atoms with van der Waals surface area (Å²) in [6.45, 7) is 0. The first-order valence-electron chi connectivity index (χ1n) is 11.2. The number of hydrogen-bond acceptors (Lipinski definition) is 2. The van der Waals surface area contributed by atoms with Crippen LogP contribution in [0.25, 0.3) is 54.6 Å². The molecule has 0 saturated carbocycles. The summed E-state index contributed by atoms with van der Waals surface area (Å²) < 4.78 is 0. The summed E-state index contributed by atoms with van der Waals surface area (Å²) in [4.78, 5) is 0. The van der Waals surface area contributed by atoms with Gasteiger partial charge >= 0.3 is 0 Å². The van der Waals surface area contributed by atoms with E-state index in [9.17, 15) is 10.5 Å². The standard InChI is InChI=1S/C32H18N2/c33-19-27-24-16-8-10-18-26(24)30(22-13-5-2-6-14-22)32-28(20-34)23-15-7-9-17-25(23)29(31(27)32)21-11-3-1-4-12-21/h1-18H. The molecule has 2 nitrogen and oxygen atoms in total. The van der Waals surface area contributed by atoms with Crippen LogP contribution >= 0.6 is 0 Å². The van der Waals surface area contributed by atoms with Crippen LogP contribution in [0.2, 0.25) is 0 Å². The molecule has 0 fully saturated rings. The first kappa shape index (κ1) is 19.7. The summed E-state index contributed by atoms with van der Waals surface area (Å²) in [5, 5.41) is 26.4. The summed E-state index contributed by atoms with van der Waals surface area (Å²) in [6, 6.07) is 41.4. The van der Waals surface area contributed by atoms with Crippen LogP contribution in [0.5, 0.6) is 0 Å². The second-order valence-corrected chi connectivity index (χ2v) is 8.30. The lowest BCUT2D eigenvalue weighted by atomic mass is 9.81. The van der Waals surface area contributed by atoms with Gasteiger partial charge in [-0.3, -0.25) is 0 Å². The predicted octanol–water partition coefficient (Wildman–Crippen LogP) is 8.22. The van der Waals surface area contributed by atoms with E-state index >= 15 is 0 Å². The average molecular weight is 431 g/mol. The topological polar surface area (TPSA) is 47.6 Å². The molecule has 2 heteroatoms. The summed E-state index contributed by atoms with van der Waals surface area (Å²) in [5.74, 6) is 0. The van der Waals surface area contributed by atoms with Gasteiger partial charge in [-0.15, -0.1) is 0 Å². The molecule has 0 N–H and O–H groups in total. The highest BCUT2D eigenvalue weighted by molar-refractivity contribution is 6.27. The number of rotatable bonds is 2. The lowest BCUT2D eigenvalue weighted by Crippen LogP contribution is -1.97. The third kappa shape index (κ3) is 2.80. The minimum Gasteiger partial charge on any atom is -0.192 e. The van der Waals surface area contributed by atoms with Gasteiger partial charge in [0.2, 0.25) is 0 Å². The maximum absolute atomic E-state index is 10.5. The van der Waals surface area contributed by atoms with E-state index in [2.05, 4.69) is 48.5 Å². The van der Waals surface area contributed by atoms with E-state index < -0.39 is 0 Å². The third-order valence-corrected chi connectivity index (χ3v) is 6.53. The van der Waals surface area contributed by atoms with E-state index in [-0.39, 0.29) is 0 Å². The number of benzene rings is 6. The van der Waals surface area contributed by atoms with Gasteiger partial charge in [0.25, 0.3) is 0 Å². The normalized spacial score (nSPS) is 10.9. The molecule has 0 aliphatic heterocycles. The van der Waals surface area contributed by atoms with Crippen molar-refractivity contribution in [1.82, 2.24) is 0 Å². The van der Waals surface area contributed by atoms with Gasteiger partial charge in [0.1, 0.15) is 12.1 Å². The highest BCUT2D eigenvalue weighted by Gasteiger charge is 2.24. The van der Waals surface area contributed by atoms with Crippen molar-refractivity contribution in [2.45, 2.75) is 0 Å². The molecular weight excluding hydrogens is 412 g/mol. The zero-order valence-corrected chi connectivity index (χ0v) is 18.3. The van der Waals surface area contributed by atoms with Crippen molar-refractivity contribution in [1.29, 1.82) is 10.5 Å². The molecule has 6 aromatic rings. The summed E-state index contributed by atoms with van der Waals surface area (Å²) in [6.07, 6.45) is 0. The van der Waals surface area contributed by atoms with Crippen molar-refractivity contribution in [2.75, 3.05) is 0 Å². The van der Waals surface area contributed by atoms with Crippen LogP contribution in [0.15, 0.2) is 109 Å². The SMILES string of the molecule is N#Cc1c2ccccc2c(-c2ccccc2)c2c(C#N)c3ccccc3c(-c3ccccc3)c12. The van der Waals surface area contributed by atoms with Crippen LogP contribution in [0, 0.1) is 22.7 Å². The molecule has 0 aliphatic carbocycles. The minimum atomic E-state index is 0.603. The molecule has 0 aromatic heterocycles. The average Bonchev–Trinajstić information content (AvgIpc) is 2.91. The van der Waals surface area contributed by atoms with Gasteiger partial charge in [0, 0.05) is 21.5 Å². The fourth-order valence-electron chi connectivity index (χ4n) is 5.17. The van der Waals surface area contributed by atoms with Gasteiger partial charge in [0.05, 0.1) is 11.1 Å². The quantitative estimate of drug-likeness (QED) is 0.260. The predicted molar refractivity (Wildman–Crippen MR) is 139 cm³/mol. The number of fused-ring (bicyclic) bond motifs is 3. The van der Waals surface area contributed by atoms with E-state index in [1.807, 2.05) is 72.8 Å². The molecular formula is C32H18N2. The molecule has 0 saturated heterocycles. The van der Waals surface area contributed by atoms with Gasteiger partial charge in [-0.2, -0.15) is 10.5 Å². The van der Waals surface area contributed by atoms with Gasteiger partial charge in [-0.25, -0.2) is 0 Å². The molecule has 0 aliphatic rings. The van der Waals surface area contributed by atoms with E-state index in [1.54, 1.807) is 0 Å². The highest BCUT2D eigenvalue weighted by Crippen LogP contribution is 2.47. The Morgan fingerprint density at radius 3 is 1.06 bits per heavy atom. The molecule has 0 amide bonds. The van der Waals surface area contributed by atoms with Crippen LogP contribution in [0.1, 0.15) is 11.1 Å². The van der Waals surface area contributed by atoms with Crippen LogP contribution in [0.3, 0.4) is 0 Å². The van der Waals surface area contributed by atoms with Crippen molar-refractivity contribution in [3.63, 3.8) is 0 Å². The van der Waals surface area contributed by atoms with Crippen molar-refractivity contribution < 1.29 is 0 Å². The molecule has 0 atom stereocenters. The number of hydrogen-bond donors (Lipinski definition) is 0. The summed E-state index contributed by atoms with van der Waals surface area (Å²) in [7, 11) is 0. The molecule has 0 unspecified atom stereocenters. The van der Waals surface area contributed by atoms with E-state index in [1.165, 1.54) is 0 Å². The van der Waals surface area contributed by atoms with Crippen LogP contribution in [-0.2, 0) is 0 Å². The lowest BCUT2D eigenvalue weighted by molar-refractivity contribution is 1.50. The number of nitriles is 2. The molecule has 0 bridgehead atoms. The van der Waals surface area contributed by atoms with E-state index in [0.717, 1.165) is 54.6 Å². The molecule has 0 radical (unpaired) electrons. The largest absolute Gasteiger partial charge is 0.192 e. The van der Waals surface area contributed by atoms with Gasteiger partial charge in [-0.05, 0) is 33.0 Å². The van der Waals surface area contributed by atoms with Crippen LogP contribution in [-0.4, -0.2) is 0 Å². The molecule has 0 heterocycles. The fraction of sp³-hybridized carbons (Fsp3) is 0. The van der Waals surface area contributed by atoms with Crippen LogP contribution in [0.4, 0.5) is 0 Å². The Balaban J connectivity index is 2.03. The number of nitrogens with zero attached hydrogens (tertiary/aromatic N) is 2. The monoisotopic (exact) mass is 430 g/mol. The minimum absolute atomic E-state index is 0.603. The zero-order chi connectivity index (χ0) is 23.1. The van der Waals surface area contributed by atoms with Gasteiger partial charge < -0.3 is 0 Å². The second kappa shape index (κ2) is 7.89. The fourth-order valence-corrected chi connectivity index (χ4v) is 5.17. The van der Waals surface area contributed by atoms with Gasteiger partial charge in [-0.1, -0.05) is 109 Å². The molecule has 0 spiro atoms. The Morgan fingerprint density at radius 2 is 0.706 bits per heavy atom. The van der Waals surface area contributed by atoms with Crippen molar-refractivity contribution in [2.24, 2.45) is 0 Å². The summed E-state index contributed by atoms with van der Waals surface area (Å²) >= 11 is 0. The molecule has 156 valence electrons. The Kier molecular flexibility index (Phi) is 4.58. The second-order valence-electron chi connectivity index (χ2n) is 8.30. The Hall–Kier alpha value is -4.92. The Morgan fingerprint density at radius 1 is 0.382 bits per heavy atom. The van der Waals surface area contributed by atoms with Crippen molar-refractivity contribution in [3.05, 3.63) is 120 Å². The first-order valence-corrected chi connectivity index (χ1v) is 11.2. The van der Waals surface area contributed by atoms with Gasteiger partial charge in [0.15, 0.2) is 0 Å². The smallest absolute Gasteiger partial charge is 0.100 e. The highest BCUT2D eigenvalue weighted by atomic mass is 14.3. The Labute approximate surface area is 197 Å². The zero-order valence-electron chi connectivity index (χ0n) is 18.3. The van der Waals surface area contributed by atoms with Crippen LogP contribution < -0.4 is 0 Å². The lowest BCUT2D eigenvalue weighted by Gasteiger charge is -2.20. The van der Waals surface area contributed by atoms with Crippen molar-refractivity contribution in [3.8, 4) is 34.4 Å². The molecule has 6 rings (SSSR count).